The summed E-state index contributed by atoms with van der Waals surface area (Å²) >= 11 is 7.38. The van der Waals surface area contributed by atoms with Crippen molar-refractivity contribution in [2.75, 3.05) is 0 Å². The predicted octanol–water partition coefficient (Wildman–Crippen LogP) is 6.69. The van der Waals surface area contributed by atoms with Crippen LogP contribution in [0.5, 0.6) is 5.75 Å². The zero-order valence-corrected chi connectivity index (χ0v) is 23.5. The fraction of sp³-hybridized carbons (Fsp3) is 0.118. The Hall–Kier alpha value is -4.26. The Balaban J connectivity index is 1.35. The maximum absolute atomic E-state index is 14.0. The number of ether oxygens (including phenoxy) is 1. The van der Waals surface area contributed by atoms with E-state index in [1.165, 1.54) is 29.0 Å². The van der Waals surface area contributed by atoms with Crippen LogP contribution >= 0.6 is 22.9 Å². The summed E-state index contributed by atoms with van der Waals surface area (Å²) in [7, 11) is 0. The second kappa shape index (κ2) is 10.6. The van der Waals surface area contributed by atoms with E-state index >= 15 is 0 Å². The third-order valence-corrected chi connectivity index (χ3v) is 8.81. The van der Waals surface area contributed by atoms with Gasteiger partial charge in [-0.3, -0.25) is 9.36 Å². The molecule has 0 bridgehead atoms. The van der Waals surface area contributed by atoms with Crippen molar-refractivity contribution in [3.8, 4) is 5.75 Å². The number of para-hydroxylation sites is 1. The molecule has 7 heteroatoms. The SMILES string of the molecule is O=c1/c(=C/c2ccccc2OCc2ccc(Cl)cc2)sc2n1C(c1ccc(F)cc1)C1=C(N=2)c2ccccc2CC1. The molecule has 2 heterocycles. The number of hydrogen-bond acceptors (Lipinski definition) is 4. The van der Waals surface area contributed by atoms with Crippen LogP contribution in [0.2, 0.25) is 5.02 Å². The van der Waals surface area contributed by atoms with E-state index in [1.54, 1.807) is 16.7 Å². The number of fused-ring (bicyclic) bond motifs is 3. The minimum atomic E-state index is -0.353. The van der Waals surface area contributed by atoms with Crippen molar-refractivity contribution < 1.29 is 9.13 Å². The zero-order chi connectivity index (χ0) is 27.9. The summed E-state index contributed by atoms with van der Waals surface area (Å²) in [5, 5.41) is 0.675. The highest BCUT2D eigenvalue weighted by atomic mass is 35.5. The number of benzene rings is 4. The van der Waals surface area contributed by atoms with Gasteiger partial charge in [0.25, 0.3) is 5.56 Å². The van der Waals surface area contributed by atoms with Gasteiger partial charge < -0.3 is 4.74 Å². The molecule has 0 radical (unpaired) electrons. The highest BCUT2D eigenvalue weighted by Crippen LogP contribution is 2.41. The van der Waals surface area contributed by atoms with E-state index in [-0.39, 0.29) is 17.4 Å². The Labute approximate surface area is 245 Å². The van der Waals surface area contributed by atoms with Gasteiger partial charge in [0.1, 0.15) is 18.2 Å². The minimum Gasteiger partial charge on any atom is -0.488 e. The molecular formula is C34H24ClFN2O2S. The Morgan fingerprint density at radius 3 is 2.54 bits per heavy atom. The molecule has 1 unspecified atom stereocenters. The minimum absolute atomic E-state index is 0.124. The number of thiazole rings is 1. The Kier molecular flexibility index (Phi) is 6.65. The fourth-order valence-electron chi connectivity index (χ4n) is 5.58. The summed E-state index contributed by atoms with van der Waals surface area (Å²) in [6.07, 6.45) is 3.52. The van der Waals surface area contributed by atoms with E-state index in [0.717, 1.165) is 46.4 Å². The molecule has 0 saturated carbocycles. The molecule has 1 aromatic heterocycles. The Bertz CT molecular complexity index is 1990. The summed E-state index contributed by atoms with van der Waals surface area (Å²) in [4.78, 5) is 19.7. The standard InChI is InChI=1S/C34H24ClFN2O2S/c35-25-14-9-21(10-15-25)20-40-29-8-4-2-6-24(29)19-30-33(39)38-32(23-11-16-26(36)17-12-23)28-18-13-22-5-1-3-7-27(22)31(28)37-34(38)41-30/h1-12,14-17,19,32H,13,18,20H2/b30-19-. The molecule has 0 saturated heterocycles. The largest absolute Gasteiger partial charge is 0.488 e. The van der Waals surface area contributed by atoms with E-state index < -0.39 is 0 Å². The van der Waals surface area contributed by atoms with Gasteiger partial charge in [-0.2, -0.15) is 0 Å². The predicted molar refractivity (Wildman–Crippen MR) is 161 cm³/mol. The molecule has 41 heavy (non-hydrogen) atoms. The molecule has 7 rings (SSSR count). The molecule has 202 valence electrons. The average molecular weight is 579 g/mol. The number of rotatable bonds is 5. The summed E-state index contributed by atoms with van der Waals surface area (Å²) in [6, 6.07) is 29.6. The average Bonchev–Trinajstić information content (AvgIpc) is 3.31. The molecule has 4 aromatic carbocycles. The molecule has 1 aliphatic carbocycles. The van der Waals surface area contributed by atoms with E-state index in [1.807, 2.05) is 66.7 Å². The molecule has 0 N–H and O–H groups in total. The molecule has 0 fully saturated rings. The number of allylic oxidation sites excluding steroid dienone is 1. The van der Waals surface area contributed by atoms with Crippen LogP contribution in [0.3, 0.4) is 0 Å². The van der Waals surface area contributed by atoms with Gasteiger partial charge in [0.2, 0.25) is 0 Å². The summed E-state index contributed by atoms with van der Waals surface area (Å²) in [6.45, 7) is 0.375. The van der Waals surface area contributed by atoms with Crippen molar-refractivity contribution in [1.82, 2.24) is 4.57 Å². The number of aromatic nitrogens is 1. The first-order valence-electron chi connectivity index (χ1n) is 13.4. The maximum Gasteiger partial charge on any atom is 0.271 e. The van der Waals surface area contributed by atoms with Gasteiger partial charge in [0.05, 0.1) is 16.3 Å². The van der Waals surface area contributed by atoms with Crippen LogP contribution in [0.25, 0.3) is 11.8 Å². The number of halogens is 2. The van der Waals surface area contributed by atoms with E-state index in [0.29, 0.717) is 26.7 Å². The second-order valence-corrected chi connectivity index (χ2v) is 11.6. The van der Waals surface area contributed by atoms with E-state index in [4.69, 9.17) is 21.3 Å². The first kappa shape index (κ1) is 25.7. The lowest BCUT2D eigenvalue weighted by molar-refractivity contribution is 0.305. The lowest BCUT2D eigenvalue weighted by Gasteiger charge is -2.30. The quantitative estimate of drug-likeness (QED) is 0.233. The molecule has 1 aliphatic heterocycles. The van der Waals surface area contributed by atoms with Gasteiger partial charge in [-0.25, -0.2) is 9.38 Å². The van der Waals surface area contributed by atoms with Crippen molar-refractivity contribution in [2.24, 2.45) is 4.99 Å². The number of nitrogens with zero attached hydrogens (tertiary/aromatic N) is 2. The van der Waals surface area contributed by atoms with Crippen molar-refractivity contribution >= 4 is 34.7 Å². The molecule has 5 aromatic rings. The van der Waals surface area contributed by atoms with Gasteiger partial charge in [0.15, 0.2) is 4.80 Å². The molecule has 0 amide bonds. The Morgan fingerprint density at radius 2 is 1.71 bits per heavy atom. The van der Waals surface area contributed by atoms with Gasteiger partial charge >= 0.3 is 0 Å². The van der Waals surface area contributed by atoms with Gasteiger partial charge in [-0.15, -0.1) is 0 Å². The van der Waals surface area contributed by atoms with Crippen LogP contribution in [-0.2, 0) is 13.0 Å². The first-order valence-corrected chi connectivity index (χ1v) is 14.6. The van der Waals surface area contributed by atoms with Crippen LogP contribution in [0.1, 0.15) is 40.3 Å². The third kappa shape index (κ3) is 4.83. The molecule has 2 aliphatic rings. The zero-order valence-electron chi connectivity index (χ0n) is 21.9. The van der Waals surface area contributed by atoms with Gasteiger partial charge in [-0.1, -0.05) is 89.7 Å². The van der Waals surface area contributed by atoms with Crippen LogP contribution in [-0.4, -0.2) is 4.57 Å². The number of aryl methyl sites for hydroxylation is 1. The van der Waals surface area contributed by atoms with Crippen LogP contribution in [0, 0.1) is 5.82 Å². The van der Waals surface area contributed by atoms with Crippen molar-refractivity contribution in [3.63, 3.8) is 0 Å². The lowest BCUT2D eigenvalue weighted by Crippen LogP contribution is -2.38. The summed E-state index contributed by atoms with van der Waals surface area (Å²) in [5.41, 5.74) is 6.89. The van der Waals surface area contributed by atoms with Gasteiger partial charge in [0, 0.05) is 16.1 Å². The van der Waals surface area contributed by atoms with Crippen molar-refractivity contribution in [2.45, 2.75) is 25.5 Å². The molecule has 1 atom stereocenters. The molecule has 0 spiro atoms. The van der Waals surface area contributed by atoms with Crippen molar-refractivity contribution in [1.29, 1.82) is 0 Å². The second-order valence-electron chi connectivity index (χ2n) is 10.1. The normalized spacial score (nSPS) is 16.0. The van der Waals surface area contributed by atoms with E-state index in [9.17, 15) is 9.18 Å². The fourth-order valence-corrected chi connectivity index (χ4v) is 6.70. The van der Waals surface area contributed by atoms with Crippen molar-refractivity contribution in [3.05, 3.63) is 161 Å². The monoisotopic (exact) mass is 578 g/mol. The topological polar surface area (TPSA) is 43.6 Å². The maximum atomic E-state index is 14.0. The van der Waals surface area contributed by atoms with Crippen LogP contribution in [0.4, 0.5) is 4.39 Å². The smallest absolute Gasteiger partial charge is 0.271 e. The third-order valence-electron chi connectivity index (χ3n) is 7.57. The number of hydrogen-bond donors (Lipinski definition) is 0. The van der Waals surface area contributed by atoms with E-state index in [2.05, 4.69) is 12.1 Å². The van der Waals surface area contributed by atoms with Gasteiger partial charge in [-0.05, 0) is 71.5 Å². The highest BCUT2D eigenvalue weighted by Gasteiger charge is 2.32. The molecular weight excluding hydrogens is 555 g/mol. The van der Waals surface area contributed by atoms with Crippen LogP contribution < -0.4 is 19.6 Å². The molecule has 4 nitrogen and oxygen atoms in total. The summed E-state index contributed by atoms with van der Waals surface area (Å²) < 4.78 is 22.4. The highest BCUT2D eigenvalue weighted by molar-refractivity contribution is 7.07. The Morgan fingerprint density at radius 1 is 0.951 bits per heavy atom. The lowest BCUT2D eigenvalue weighted by atomic mass is 9.83. The van der Waals surface area contributed by atoms with Crippen LogP contribution in [0.15, 0.2) is 112 Å². The first-order chi connectivity index (χ1) is 20.0. The summed E-state index contributed by atoms with van der Waals surface area (Å²) in [5.74, 6) is 0.371.